The Morgan fingerprint density at radius 3 is 2.94 bits per heavy atom. The minimum absolute atomic E-state index is 0.220. The zero-order valence-corrected chi connectivity index (χ0v) is 9.74. The molecular weight excluding hydrogens is 219 g/mol. The summed E-state index contributed by atoms with van der Waals surface area (Å²) < 4.78 is 18.9. The Labute approximate surface area is 99.7 Å². The maximum absolute atomic E-state index is 13.4. The van der Waals surface area contributed by atoms with Crippen molar-refractivity contribution in [3.05, 3.63) is 53.5 Å². The molecule has 1 heterocycles. The largest absolute Gasteiger partial charge is 0.445 e. The zero-order valence-electron chi connectivity index (χ0n) is 9.74. The highest BCUT2D eigenvalue weighted by Gasteiger charge is 2.07. The van der Waals surface area contributed by atoms with E-state index in [0.29, 0.717) is 17.9 Å². The molecule has 0 aliphatic rings. The maximum atomic E-state index is 13.4. The Morgan fingerprint density at radius 2 is 2.18 bits per heavy atom. The van der Waals surface area contributed by atoms with Crippen LogP contribution in [0.2, 0.25) is 0 Å². The van der Waals surface area contributed by atoms with E-state index in [0.717, 1.165) is 18.7 Å². The highest BCUT2D eigenvalue weighted by Crippen LogP contribution is 2.13. The Hall–Kier alpha value is -1.68. The molecule has 1 aromatic heterocycles. The molecule has 2 rings (SSSR count). The number of hydrogen-bond acceptors (Lipinski definition) is 3. The highest BCUT2D eigenvalue weighted by molar-refractivity contribution is 5.20. The molecule has 0 aliphatic carbocycles. The number of aromatic nitrogens is 1. The fourth-order valence-electron chi connectivity index (χ4n) is 1.60. The molecule has 2 aromatic rings. The topological polar surface area (TPSA) is 38.1 Å². The molecule has 3 nitrogen and oxygen atoms in total. The summed E-state index contributed by atoms with van der Waals surface area (Å²) in [5, 5.41) is 3.04. The summed E-state index contributed by atoms with van der Waals surface area (Å²) in [4.78, 5) is 4.14. The molecule has 1 N–H and O–H groups in total. The minimum Gasteiger partial charge on any atom is -0.445 e. The number of halogens is 1. The molecule has 1 aromatic carbocycles. The van der Waals surface area contributed by atoms with Crippen molar-refractivity contribution in [1.82, 2.24) is 10.3 Å². The number of nitrogens with zero attached hydrogens (tertiary/aromatic N) is 1. The Kier molecular flexibility index (Phi) is 3.88. The normalized spacial score (nSPS) is 10.7. The number of hydrogen-bond donors (Lipinski definition) is 1. The predicted octanol–water partition coefficient (Wildman–Crippen LogP) is 2.17. The van der Waals surface area contributed by atoms with E-state index in [2.05, 4.69) is 10.3 Å². The van der Waals surface area contributed by atoms with Gasteiger partial charge in [0.2, 0.25) is 0 Å². The van der Waals surface area contributed by atoms with Crippen molar-refractivity contribution < 1.29 is 8.81 Å². The number of likely N-dealkylation sites (N-methyl/N-ethyl adjacent to an activating group) is 1. The van der Waals surface area contributed by atoms with Gasteiger partial charge in [0.25, 0.3) is 0 Å². The summed E-state index contributed by atoms with van der Waals surface area (Å²) in [6, 6.07) is 6.67. The van der Waals surface area contributed by atoms with Crippen LogP contribution in [0.15, 0.2) is 34.9 Å². The molecule has 0 saturated heterocycles. The number of benzene rings is 1. The van der Waals surface area contributed by atoms with E-state index < -0.39 is 0 Å². The van der Waals surface area contributed by atoms with Crippen molar-refractivity contribution in [1.29, 1.82) is 0 Å². The van der Waals surface area contributed by atoms with Crippen molar-refractivity contribution in [3.8, 4) is 0 Å². The van der Waals surface area contributed by atoms with Crippen LogP contribution >= 0.6 is 0 Å². The summed E-state index contributed by atoms with van der Waals surface area (Å²) in [5.41, 5.74) is 0.606. The second-order valence-electron chi connectivity index (χ2n) is 3.84. The lowest BCUT2D eigenvalue weighted by atomic mass is 10.1. The van der Waals surface area contributed by atoms with Crippen LogP contribution in [0, 0.1) is 5.82 Å². The zero-order chi connectivity index (χ0) is 12.1. The van der Waals surface area contributed by atoms with Gasteiger partial charge in [-0.2, -0.15) is 0 Å². The van der Waals surface area contributed by atoms with Crippen LogP contribution in [0.3, 0.4) is 0 Å². The van der Waals surface area contributed by atoms with Crippen LogP contribution in [0.1, 0.15) is 17.2 Å². The van der Waals surface area contributed by atoms with E-state index in [4.69, 9.17) is 4.42 Å². The van der Waals surface area contributed by atoms with Gasteiger partial charge in [-0.3, -0.25) is 0 Å². The van der Waals surface area contributed by atoms with Gasteiger partial charge in [-0.15, -0.1) is 0 Å². The van der Waals surface area contributed by atoms with Crippen LogP contribution in [-0.4, -0.2) is 18.6 Å². The van der Waals surface area contributed by atoms with E-state index in [1.165, 1.54) is 6.07 Å². The van der Waals surface area contributed by atoms with Gasteiger partial charge in [0.05, 0.1) is 12.6 Å². The van der Waals surface area contributed by atoms with Crippen molar-refractivity contribution in [3.63, 3.8) is 0 Å². The van der Waals surface area contributed by atoms with Gasteiger partial charge >= 0.3 is 0 Å². The highest BCUT2D eigenvalue weighted by atomic mass is 19.1. The predicted molar refractivity (Wildman–Crippen MR) is 63.3 cm³/mol. The lowest BCUT2D eigenvalue weighted by Gasteiger charge is -1.99. The second kappa shape index (κ2) is 5.59. The summed E-state index contributed by atoms with van der Waals surface area (Å²) in [5.74, 6) is 1.16. The summed E-state index contributed by atoms with van der Waals surface area (Å²) >= 11 is 0. The summed E-state index contributed by atoms with van der Waals surface area (Å²) in [6.45, 7) is 0.842. The van der Waals surface area contributed by atoms with Crippen LogP contribution < -0.4 is 5.32 Å². The minimum atomic E-state index is -0.220. The van der Waals surface area contributed by atoms with Gasteiger partial charge < -0.3 is 9.73 Å². The smallest absolute Gasteiger partial charge is 0.198 e. The molecular formula is C13H15FN2O. The molecule has 0 radical (unpaired) electrons. The third-order valence-corrected chi connectivity index (χ3v) is 2.52. The first kappa shape index (κ1) is 11.8. The molecule has 90 valence electrons. The molecule has 0 bridgehead atoms. The van der Waals surface area contributed by atoms with Gasteiger partial charge in [-0.1, -0.05) is 18.2 Å². The first-order chi connectivity index (χ1) is 8.29. The second-order valence-corrected chi connectivity index (χ2v) is 3.84. The van der Waals surface area contributed by atoms with Crippen molar-refractivity contribution in [2.75, 3.05) is 13.6 Å². The summed E-state index contributed by atoms with van der Waals surface area (Å²) in [7, 11) is 1.89. The maximum Gasteiger partial charge on any atom is 0.198 e. The van der Waals surface area contributed by atoms with Crippen LogP contribution in [0.5, 0.6) is 0 Å². The van der Waals surface area contributed by atoms with Crippen molar-refractivity contribution in [2.24, 2.45) is 0 Å². The van der Waals surface area contributed by atoms with E-state index in [9.17, 15) is 4.39 Å². The monoisotopic (exact) mass is 234 g/mol. The van der Waals surface area contributed by atoms with Crippen LogP contribution in [0.4, 0.5) is 4.39 Å². The van der Waals surface area contributed by atoms with Gasteiger partial charge in [-0.05, 0) is 18.7 Å². The third-order valence-electron chi connectivity index (χ3n) is 2.52. The summed E-state index contributed by atoms with van der Waals surface area (Å²) in [6.07, 6.45) is 2.89. The molecule has 0 saturated carbocycles. The molecule has 0 spiro atoms. The van der Waals surface area contributed by atoms with Gasteiger partial charge in [0.1, 0.15) is 11.6 Å². The number of nitrogens with one attached hydrogen (secondary N) is 1. The van der Waals surface area contributed by atoms with Crippen LogP contribution in [-0.2, 0) is 12.8 Å². The Balaban J connectivity index is 2.04. The van der Waals surface area contributed by atoms with Gasteiger partial charge in [-0.25, -0.2) is 9.37 Å². The standard InChI is InChI=1S/C13H15FN2O/c1-15-7-6-11-9-16-13(17-11)8-10-4-2-3-5-12(10)14/h2-5,9,15H,6-8H2,1H3. The quantitative estimate of drug-likeness (QED) is 0.861. The molecule has 0 aliphatic heterocycles. The SMILES string of the molecule is CNCCc1cnc(Cc2ccccc2F)o1. The van der Waals surface area contributed by atoms with Gasteiger partial charge in [0, 0.05) is 13.0 Å². The lowest BCUT2D eigenvalue weighted by molar-refractivity contribution is 0.457. The molecule has 0 fully saturated rings. The van der Waals surface area contributed by atoms with Crippen molar-refractivity contribution >= 4 is 0 Å². The Bertz CT molecular complexity index is 482. The number of rotatable bonds is 5. The van der Waals surface area contributed by atoms with E-state index in [-0.39, 0.29) is 5.82 Å². The van der Waals surface area contributed by atoms with E-state index in [1.54, 1.807) is 18.3 Å². The van der Waals surface area contributed by atoms with Gasteiger partial charge in [0.15, 0.2) is 5.89 Å². The fraction of sp³-hybridized carbons (Fsp3) is 0.308. The molecule has 0 amide bonds. The van der Waals surface area contributed by atoms with Crippen molar-refractivity contribution in [2.45, 2.75) is 12.8 Å². The lowest BCUT2D eigenvalue weighted by Crippen LogP contribution is -2.09. The molecule has 4 heteroatoms. The average Bonchev–Trinajstić information content (AvgIpc) is 2.77. The fourth-order valence-corrected chi connectivity index (χ4v) is 1.60. The van der Waals surface area contributed by atoms with Crippen LogP contribution in [0.25, 0.3) is 0 Å². The van der Waals surface area contributed by atoms with E-state index >= 15 is 0 Å². The molecule has 17 heavy (non-hydrogen) atoms. The first-order valence-electron chi connectivity index (χ1n) is 5.61. The third kappa shape index (κ3) is 3.14. The van der Waals surface area contributed by atoms with E-state index in [1.807, 2.05) is 13.1 Å². The first-order valence-corrected chi connectivity index (χ1v) is 5.61. The molecule has 0 unspecified atom stereocenters. The number of oxazole rings is 1. The Morgan fingerprint density at radius 1 is 1.35 bits per heavy atom. The average molecular weight is 234 g/mol. The molecule has 0 atom stereocenters.